The molecule has 0 radical (unpaired) electrons. The van der Waals surface area contributed by atoms with Gasteiger partial charge in [0.2, 0.25) is 0 Å². The number of nitriles is 1. The van der Waals surface area contributed by atoms with Crippen LogP contribution in [0.1, 0.15) is 29.5 Å². The highest BCUT2D eigenvalue weighted by atomic mass is 35.5. The molecule has 2 aromatic carbocycles. The molecule has 0 atom stereocenters. The van der Waals surface area contributed by atoms with Crippen molar-refractivity contribution < 1.29 is 4.79 Å². The van der Waals surface area contributed by atoms with Crippen LogP contribution >= 0.6 is 11.6 Å². The minimum absolute atomic E-state index is 0.0127. The number of urea groups is 1. The molecule has 0 unspecified atom stereocenters. The molecule has 4 rings (SSSR count). The summed E-state index contributed by atoms with van der Waals surface area (Å²) in [5.41, 5.74) is 3.97. The molecule has 2 amide bonds. The fraction of sp³-hybridized carbons (Fsp3) is 0.364. The number of amides is 2. The number of hydrogen-bond donors (Lipinski definition) is 1. The fourth-order valence-electron chi connectivity index (χ4n) is 4.07. The minimum Gasteiger partial charge on any atom is -0.335 e. The van der Waals surface area contributed by atoms with Crippen molar-refractivity contribution in [1.82, 2.24) is 10.2 Å². The van der Waals surface area contributed by atoms with Crippen LogP contribution in [0.4, 0.5) is 10.5 Å². The smallest absolute Gasteiger partial charge is 0.322 e. The lowest BCUT2D eigenvalue weighted by Gasteiger charge is -2.33. The quantitative estimate of drug-likeness (QED) is 0.857. The number of fused-ring (bicyclic) bond motifs is 1. The molecule has 0 spiro atoms. The van der Waals surface area contributed by atoms with Crippen molar-refractivity contribution in [3.8, 4) is 6.07 Å². The van der Waals surface area contributed by atoms with Crippen molar-refractivity contribution in [2.24, 2.45) is 0 Å². The van der Waals surface area contributed by atoms with E-state index in [1.165, 1.54) is 0 Å². The van der Waals surface area contributed by atoms with E-state index in [-0.39, 0.29) is 12.1 Å². The second kappa shape index (κ2) is 8.22. The molecule has 2 aromatic rings. The zero-order chi connectivity index (χ0) is 19.5. The Bertz CT molecular complexity index is 915. The summed E-state index contributed by atoms with van der Waals surface area (Å²) < 4.78 is 0. The molecule has 1 N–H and O–H groups in total. The summed E-state index contributed by atoms with van der Waals surface area (Å²) in [5, 5.41) is 13.0. The first-order valence-electron chi connectivity index (χ1n) is 9.70. The van der Waals surface area contributed by atoms with E-state index in [4.69, 9.17) is 16.9 Å². The monoisotopic (exact) mass is 394 g/mol. The molecular weight excluding hydrogens is 372 g/mol. The fourth-order valence-corrected chi connectivity index (χ4v) is 4.26. The van der Waals surface area contributed by atoms with E-state index in [0.29, 0.717) is 17.1 Å². The first-order valence-corrected chi connectivity index (χ1v) is 10.1. The summed E-state index contributed by atoms with van der Waals surface area (Å²) in [5.74, 6) is 0. The molecule has 1 fully saturated rings. The standard InChI is InChI=1S/C22H23ClN4O/c23-19-4-5-21-18(13-19)6-11-27(21)22(28)25-20-7-9-26(10-8-20)15-17-3-1-2-16(12-17)14-24/h1-5,12-13,20H,6-11,15H2,(H,25,28). The van der Waals surface area contributed by atoms with E-state index >= 15 is 0 Å². The predicted molar refractivity (Wildman–Crippen MR) is 110 cm³/mol. The summed E-state index contributed by atoms with van der Waals surface area (Å²) >= 11 is 6.06. The van der Waals surface area contributed by atoms with E-state index in [1.54, 1.807) is 0 Å². The molecule has 6 heteroatoms. The van der Waals surface area contributed by atoms with Gasteiger partial charge in [-0.05, 0) is 60.7 Å². The maximum absolute atomic E-state index is 12.7. The van der Waals surface area contributed by atoms with E-state index in [2.05, 4.69) is 22.4 Å². The molecular formula is C22H23ClN4O. The van der Waals surface area contributed by atoms with Gasteiger partial charge in [0.05, 0.1) is 11.6 Å². The molecule has 1 saturated heterocycles. The summed E-state index contributed by atoms with van der Waals surface area (Å²) in [6, 6.07) is 15.9. The van der Waals surface area contributed by atoms with Gasteiger partial charge in [0.25, 0.3) is 0 Å². The lowest BCUT2D eigenvalue weighted by atomic mass is 10.0. The number of halogens is 1. The van der Waals surface area contributed by atoms with Gasteiger partial charge in [-0.25, -0.2) is 4.79 Å². The average Bonchev–Trinajstić information content (AvgIpc) is 3.13. The van der Waals surface area contributed by atoms with Crippen molar-refractivity contribution >= 4 is 23.3 Å². The normalized spacial score (nSPS) is 17.2. The van der Waals surface area contributed by atoms with Crippen LogP contribution in [0.2, 0.25) is 5.02 Å². The second-order valence-corrected chi connectivity index (χ2v) is 7.92. The second-order valence-electron chi connectivity index (χ2n) is 7.49. The number of carbonyl (C=O) groups is 1. The van der Waals surface area contributed by atoms with Crippen molar-refractivity contribution in [1.29, 1.82) is 5.26 Å². The van der Waals surface area contributed by atoms with Gasteiger partial charge in [0.1, 0.15) is 0 Å². The Kier molecular flexibility index (Phi) is 5.52. The van der Waals surface area contributed by atoms with Gasteiger partial charge in [-0.15, -0.1) is 0 Å². The van der Waals surface area contributed by atoms with Crippen LogP contribution in [0.3, 0.4) is 0 Å². The Labute approximate surface area is 170 Å². The predicted octanol–water partition coefficient (Wildman–Crippen LogP) is 3.95. The van der Waals surface area contributed by atoms with Gasteiger partial charge < -0.3 is 5.32 Å². The van der Waals surface area contributed by atoms with Gasteiger partial charge in [0.15, 0.2) is 0 Å². The molecule has 28 heavy (non-hydrogen) atoms. The average molecular weight is 395 g/mol. The third-order valence-electron chi connectivity index (χ3n) is 5.56. The number of nitrogens with zero attached hydrogens (tertiary/aromatic N) is 3. The van der Waals surface area contributed by atoms with Crippen LogP contribution in [0.5, 0.6) is 0 Å². The van der Waals surface area contributed by atoms with Gasteiger partial charge in [-0.2, -0.15) is 5.26 Å². The van der Waals surface area contributed by atoms with E-state index in [1.807, 2.05) is 41.3 Å². The van der Waals surface area contributed by atoms with Crippen molar-refractivity contribution in [3.63, 3.8) is 0 Å². The number of rotatable bonds is 3. The van der Waals surface area contributed by atoms with Gasteiger partial charge in [-0.3, -0.25) is 9.80 Å². The SMILES string of the molecule is N#Cc1cccc(CN2CCC(NC(=O)N3CCc4cc(Cl)ccc43)CC2)c1. The number of carbonyl (C=O) groups excluding carboxylic acids is 1. The first kappa shape index (κ1) is 18.8. The molecule has 2 heterocycles. The number of benzene rings is 2. The van der Waals surface area contributed by atoms with Crippen molar-refractivity contribution in [2.75, 3.05) is 24.5 Å². The molecule has 2 aliphatic rings. The summed E-state index contributed by atoms with van der Waals surface area (Å²) in [7, 11) is 0. The number of nitrogens with one attached hydrogen (secondary N) is 1. The molecule has 0 aliphatic carbocycles. The zero-order valence-electron chi connectivity index (χ0n) is 15.7. The molecule has 2 aliphatic heterocycles. The first-order chi connectivity index (χ1) is 13.6. The third kappa shape index (κ3) is 4.14. The van der Waals surface area contributed by atoms with Gasteiger partial charge >= 0.3 is 6.03 Å². The molecule has 144 valence electrons. The number of hydrogen-bond acceptors (Lipinski definition) is 3. The Morgan fingerprint density at radius 2 is 2.00 bits per heavy atom. The summed E-state index contributed by atoms with van der Waals surface area (Å²) in [6.07, 6.45) is 2.72. The lowest BCUT2D eigenvalue weighted by molar-refractivity contribution is 0.188. The van der Waals surface area contributed by atoms with Crippen LogP contribution in [0, 0.1) is 11.3 Å². The maximum atomic E-state index is 12.7. The minimum atomic E-state index is -0.0127. The lowest BCUT2D eigenvalue weighted by Crippen LogP contribution is -2.48. The largest absolute Gasteiger partial charge is 0.335 e. The zero-order valence-corrected chi connectivity index (χ0v) is 16.5. The van der Waals surface area contributed by atoms with E-state index < -0.39 is 0 Å². The Balaban J connectivity index is 1.29. The number of anilines is 1. The number of piperidine rings is 1. The number of likely N-dealkylation sites (tertiary alicyclic amines) is 1. The van der Waals surface area contributed by atoms with E-state index in [0.717, 1.165) is 55.7 Å². The Morgan fingerprint density at radius 1 is 1.18 bits per heavy atom. The highest BCUT2D eigenvalue weighted by molar-refractivity contribution is 6.30. The topological polar surface area (TPSA) is 59.4 Å². The van der Waals surface area contributed by atoms with E-state index in [9.17, 15) is 4.79 Å². The highest BCUT2D eigenvalue weighted by Gasteiger charge is 2.27. The van der Waals surface area contributed by atoms with Gasteiger partial charge in [0, 0.05) is 42.9 Å². The molecule has 0 saturated carbocycles. The van der Waals surface area contributed by atoms with Gasteiger partial charge in [-0.1, -0.05) is 23.7 Å². The van der Waals surface area contributed by atoms with Crippen molar-refractivity contribution in [3.05, 3.63) is 64.2 Å². The Hall–Kier alpha value is -2.55. The third-order valence-corrected chi connectivity index (χ3v) is 5.79. The summed E-state index contributed by atoms with van der Waals surface area (Å²) in [6.45, 7) is 3.42. The van der Waals surface area contributed by atoms with Crippen LogP contribution in [-0.4, -0.2) is 36.6 Å². The van der Waals surface area contributed by atoms with Crippen molar-refractivity contribution in [2.45, 2.75) is 31.8 Å². The molecule has 0 bridgehead atoms. The van der Waals surface area contributed by atoms with Crippen LogP contribution < -0.4 is 10.2 Å². The van der Waals surface area contributed by atoms with Crippen LogP contribution in [0.15, 0.2) is 42.5 Å². The molecule has 0 aromatic heterocycles. The summed E-state index contributed by atoms with van der Waals surface area (Å²) in [4.78, 5) is 16.9. The van der Waals surface area contributed by atoms with Crippen LogP contribution in [-0.2, 0) is 13.0 Å². The highest BCUT2D eigenvalue weighted by Crippen LogP contribution is 2.30. The Morgan fingerprint density at radius 3 is 2.79 bits per heavy atom. The maximum Gasteiger partial charge on any atom is 0.322 e. The van der Waals surface area contributed by atoms with Crippen LogP contribution in [0.25, 0.3) is 0 Å². The molecule has 5 nitrogen and oxygen atoms in total.